The minimum absolute atomic E-state index is 0.0943. The molecule has 4 rings (SSSR count). The fourth-order valence-electron chi connectivity index (χ4n) is 3.82. The molecule has 0 radical (unpaired) electrons. The van der Waals surface area contributed by atoms with Crippen molar-refractivity contribution < 1.29 is 12.9 Å². The van der Waals surface area contributed by atoms with Gasteiger partial charge in [-0.25, -0.2) is 13.1 Å². The third kappa shape index (κ3) is 3.62. The number of rotatable bonds is 6. The molecule has 0 spiro atoms. The molecule has 28 heavy (non-hydrogen) atoms. The van der Waals surface area contributed by atoms with Crippen LogP contribution in [0.2, 0.25) is 0 Å². The summed E-state index contributed by atoms with van der Waals surface area (Å²) in [5.74, 6) is 1.10. The first-order chi connectivity index (χ1) is 13.4. The molecular weight excluding hydrogens is 372 g/mol. The van der Waals surface area contributed by atoms with Gasteiger partial charge in [0.1, 0.15) is 0 Å². The first-order valence-corrected chi connectivity index (χ1v) is 10.9. The summed E-state index contributed by atoms with van der Waals surface area (Å²) in [6.45, 7) is 4.22. The maximum absolute atomic E-state index is 12.6. The summed E-state index contributed by atoms with van der Waals surface area (Å²) in [7, 11) is -3.50. The topological polar surface area (TPSA) is 72.2 Å². The van der Waals surface area contributed by atoms with E-state index < -0.39 is 10.0 Å². The summed E-state index contributed by atoms with van der Waals surface area (Å²) >= 11 is 0. The molecule has 0 bridgehead atoms. The quantitative estimate of drug-likeness (QED) is 0.675. The van der Waals surface area contributed by atoms with Crippen LogP contribution in [-0.4, -0.2) is 19.6 Å². The molecule has 1 aromatic heterocycles. The Morgan fingerprint density at radius 2 is 1.71 bits per heavy atom. The van der Waals surface area contributed by atoms with Gasteiger partial charge in [-0.3, -0.25) is 0 Å². The number of benzene rings is 2. The highest BCUT2D eigenvalue weighted by molar-refractivity contribution is 7.89. The lowest BCUT2D eigenvalue weighted by Gasteiger charge is -2.52. The lowest BCUT2D eigenvalue weighted by molar-refractivity contribution is 0.0270. The van der Waals surface area contributed by atoms with E-state index in [9.17, 15) is 8.42 Å². The van der Waals surface area contributed by atoms with Crippen molar-refractivity contribution in [3.05, 3.63) is 72.4 Å². The van der Waals surface area contributed by atoms with E-state index >= 15 is 0 Å². The average Bonchev–Trinajstić information content (AvgIpc) is 3.17. The van der Waals surface area contributed by atoms with Gasteiger partial charge in [0.05, 0.1) is 10.6 Å². The number of hydrogen-bond acceptors (Lipinski definition) is 4. The Kier molecular flexibility index (Phi) is 4.85. The standard InChI is InChI=1S/C22H24N2O3S/c1-22(2)17(13-18-15-20(27-23-18)16-9-5-3-6-10-16)14-21(22)24-28(25,26)19-11-7-4-8-12-19/h3-12,15,17,21,24H,13-14H2,1-2H3/t17-,21+/m1/s1. The Labute approximate surface area is 165 Å². The molecule has 1 aliphatic rings. The zero-order valence-electron chi connectivity index (χ0n) is 16.0. The van der Waals surface area contributed by atoms with Crippen molar-refractivity contribution >= 4 is 10.0 Å². The molecule has 2 atom stereocenters. The fraction of sp³-hybridized carbons (Fsp3) is 0.318. The minimum atomic E-state index is -3.50. The van der Waals surface area contributed by atoms with Gasteiger partial charge in [-0.2, -0.15) is 0 Å². The van der Waals surface area contributed by atoms with Crippen molar-refractivity contribution in [1.29, 1.82) is 0 Å². The second-order valence-electron chi connectivity index (χ2n) is 7.99. The van der Waals surface area contributed by atoms with Crippen LogP contribution in [0.25, 0.3) is 11.3 Å². The molecule has 0 unspecified atom stereocenters. The van der Waals surface area contributed by atoms with Crippen LogP contribution in [-0.2, 0) is 16.4 Å². The maximum atomic E-state index is 12.6. The van der Waals surface area contributed by atoms with Crippen molar-refractivity contribution in [2.75, 3.05) is 0 Å². The monoisotopic (exact) mass is 396 g/mol. The highest BCUT2D eigenvalue weighted by atomic mass is 32.2. The van der Waals surface area contributed by atoms with Gasteiger partial charge < -0.3 is 4.52 Å². The number of sulfonamides is 1. The molecular formula is C22H24N2O3S. The van der Waals surface area contributed by atoms with Crippen LogP contribution in [0.5, 0.6) is 0 Å². The van der Waals surface area contributed by atoms with E-state index in [1.807, 2.05) is 42.5 Å². The molecule has 146 valence electrons. The van der Waals surface area contributed by atoms with E-state index in [4.69, 9.17) is 4.52 Å². The molecule has 1 fully saturated rings. The number of nitrogens with zero attached hydrogens (tertiary/aromatic N) is 1. The van der Waals surface area contributed by atoms with Crippen LogP contribution in [0.3, 0.4) is 0 Å². The van der Waals surface area contributed by atoms with Gasteiger partial charge in [0.15, 0.2) is 5.76 Å². The summed E-state index contributed by atoms with van der Waals surface area (Å²) < 4.78 is 33.6. The van der Waals surface area contributed by atoms with Crippen molar-refractivity contribution in [1.82, 2.24) is 9.88 Å². The van der Waals surface area contributed by atoms with Gasteiger partial charge >= 0.3 is 0 Å². The largest absolute Gasteiger partial charge is 0.356 e. The first-order valence-electron chi connectivity index (χ1n) is 9.44. The smallest absolute Gasteiger partial charge is 0.240 e. The van der Waals surface area contributed by atoms with Gasteiger partial charge in [0.25, 0.3) is 0 Å². The van der Waals surface area contributed by atoms with Crippen molar-refractivity contribution in [2.45, 2.75) is 37.6 Å². The molecule has 3 aromatic rings. The summed E-state index contributed by atoms with van der Waals surface area (Å²) in [5, 5.41) is 4.21. The Hall–Kier alpha value is -2.44. The van der Waals surface area contributed by atoms with Gasteiger partial charge in [-0.05, 0) is 36.3 Å². The summed E-state index contributed by atoms with van der Waals surface area (Å²) in [4.78, 5) is 0.304. The van der Waals surface area contributed by atoms with E-state index in [0.717, 1.165) is 29.9 Å². The third-order valence-corrected chi connectivity index (χ3v) is 7.38. The van der Waals surface area contributed by atoms with Crippen molar-refractivity contribution in [2.24, 2.45) is 11.3 Å². The normalized spacial score (nSPS) is 21.2. The van der Waals surface area contributed by atoms with E-state index in [-0.39, 0.29) is 11.5 Å². The summed E-state index contributed by atoms with van der Waals surface area (Å²) in [5.41, 5.74) is 1.75. The zero-order chi connectivity index (χ0) is 19.8. The Bertz CT molecular complexity index is 1040. The zero-order valence-corrected chi connectivity index (χ0v) is 16.8. The molecule has 2 aromatic carbocycles. The molecule has 1 aliphatic carbocycles. The Balaban J connectivity index is 1.42. The van der Waals surface area contributed by atoms with Crippen molar-refractivity contribution in [3.8, 4) is 11.3 Å². The summed E-state index contributed by atoms with van der Waals surface area (Å²) in [6, 6.07) is 20.3. The molecule has 0 aliphatic heterocycles. The first kappa shape index (κ1) is 18.9. The lowest BCUT2D eigenvalue weighted by Crippen LogP contribution is -2.58. The SMILES string of the molecule is CC1(C)[C@H](Cc2cc(-c3ccccc3)on2)C[C@@H]1NS(=O)(=O)c1ccccc1. The molecule has 5 nitrogen and oxygen atoms in total. The second-order valence-corrected chi connectivity index (χ2v) is 9.71. The van der Waals surface area contributed by atoms with Crippen LogP contribution in [0.15, 0.2) is 76.1 Å². The second kappa shape index (κ2) is 7.18. The van der Waals surface area contributed by atoms with Crippen LogP contribution >= 0.6 is 0 Å². The van der Waals surface area contributed by atoms with E-state index in [0.29, 0.717) is 10.8 Å². The Morgan fingerprint density at radius 1 is 1.07 bits per heavy atom. The van der Waals surface area contributed by atoms with E-state index in [1.165, 1.54) is 0 Å². The minimum Gasteiger partial charge on any atom is -0.356 e. The van der Waals surface area contributed by atoms with E-state index in [2.05, 4.69) is 23.7 Å². The van der Waals surface area contributed by atoms with Crippen LogP contribution < -0.4 is 4.72 Å². The predicted octanol–water partition coefficient (Wildman–Crippen LogP) is 4.28. The van der Waals surface area contributed by atoms with Crippen molar-refractivity contribution in [3.63, 3.8) is 0 Å². The molecule has 0 saturated heterocycles. The highest BCUT2D eigenvalue weighted by Gasteiger charge is 2.49. The fourth-order valence-corrected chi connectivity index (χ4v) is 5.24. The molecule has 1 N–H and O–H groups in total. The van der Waals surface area contributed by atoms with Gasteiger partial charge in [0.2, 0.25) is 10.0 Å². The van der Waals surface area contributed by atoms with Gasteiger partial charge in [-0.1, -0.05) is 67.5 Å². The predicted molar refractivity (Wildman–Crippen MR) is 108 cm³/mol. The molecule has 1 heterocycles. The van der Waals surface area contributed by atoms with Gasteiger partial charge in [-0.15, -0.1) is 0 Å². The molecule has 6 heteroatoms. The van der Waals surface area contributed by atoms with Crippen LogP contribution in [0.1, 0.15) is 26.0 Å². The number of nitrogens with one attached hydrogen (secondary N) is 1. The van der Waals surface area contributed by atoms with Crippen LogP contribution in [0.4, 0.5) is 0 Å². The summed E-state index contributed by atoms with van der Waals surface area (Å²) in [6.07, 6.45) is 1.56. The highest BCUT2D eigenvalue weighted by Crippen LogP contribution is 2.48. The number of hydrogen-bond donors (Lipinski definition) is 1. The molecule has 0 amide bonds. The van der Waals surface area contributed by atoms with Crippen LogP contribution in [0, 0.1) is 11.3 Å². The third-order valence-electron chi connectivity index (χ3n) is 5.89. The maximum Gasteiger partial charge on any atom is 0.240 e. The lowest BCUT2D eigenvalue weighted by atomic mass is 9.57. The van der Waals surface area contributed by atoms with E-state index in [1.54, 1.807) is 24.3 Å². The Morgan fingerprint density at radius 3 is 2.36 bits per heavy atom. The number of aromatic nitrogens is 1. The molecule has 1 saturated carbocycles. The van der Waals surface area contributed by atoms with Gasteiger partial charge in [0, 0.05) is 17.7 Å². The average molecular weight is 397 g/mol.